The van der Waals surface area contributed by atoms with Gasteiger partial charge in [-0.3, -0.25) is 10.1 Å². The fourth-order valence-corrected chi connectivity index (χ4v) is 1.52. The molecule has 0 amide bonds. The van der Waals surface area contributed by atoms with Crippen molar-refractivity contribution in [3.05, 3.63) is 33.6 Å². The number of nitrogens with zero attached hydrogens (tertiary/aromatic N) is 1. The van der Waals surface area contributed by atoms with E-state index in [0.29, 0.717) is 12.7 Å². The fourth-order valence-electron chi connectivity index (χ4n) is 1.52. The number of ether oxygens (including phenoxy) is 3. The molecule has 0 bridgehead atoms. The maximum Gasteiger partial charge on any atom is 0.340 e. The number of hydrogen-bond donors (Lipinski definition) is 0. The van der Waals surface area contributed by atoms with Crippen LogP contribution in [0.25, 0.3) is 0 Å². The van der Waals surface area contributed by atoms with Crippen molar-refractivity contribution in [3.63, 3.8) is 0 Å². The Balaban J connectivity index is 2.92. The molecule has 21 heavy (non-hydrogen) atoms. The summed E-state index contributed by atoms with van der Waals surface area (Å²) in [5.74, 6) is -2.18. The first-order chi connectivity index (χ1) is 10.0. The number of carbonyl (C=O) groups is 1. The third-order valence-corrected chi connectivity index (χ3v) is 2.48. The molecule has 0 radical (unpaired) electrons. The Labute approximate surface area is 120 Å². The molecule has 7 nitrogen and oxygen atoms in total. The van der Waals surface area contributed by atoms with E-state index >= 15 is 0 Å². The van der Waals surface area contributed by atoms with Gasteiger partial charge in [0.05, 0.1) is 30.3 Å². The first kappa shape index (κ1) is 16.8. The van der Waals surface area contributed by atoms with Gasteiger partial charge < -0.3 is 14.2 Å². The molecule has 1 aromatic rings. The third kappa shape index (κ3) is 4.67. The molecule has 0 heterocycles. The molecule has 116 valence electrons. The average molecular weight is 301 g/mol. The quantitative estimate of drug-likeness (QED) is 0.317. The molecule has 0 N–H and O–H groups in total. The SMILES string of the molecule is CCCOCCOc1cc(C(=O)OC)c(F)cc1[N+](=O)[O-]. The standard InChI is InChI=1S/C13H16FNO6/c1-3-4-20-5-6-21-12-7-9(13(16)19-2)10(14)8-11(12)15(17)18/h7-8H,3-6H2,1-2H3. The van der Waals surface area contributed by atoms with Crippen LogP contribution < -0.4 is 4.74 Å². The molecule has 0 spiro atoms. The Morgan fingerprint density at radius 1 is 1.33 bits per heavy atom. The zero-order chi connectivity index (χ0) is 15.8. The van der Waals surface area contributed by atoms with Gasteiger partial charge in [-0.1, -0.05) is 6.92 Å². The zero-order valence-electron chi connectivity index (χ0n) is 11.8. The molecule has 0 saturated carbocycles. The second-order valence-electron chi connectivity index (χ2n) is 4.01. The zero-order valence-corrected chi connectivity index (χ0v) is 11.8. The molecule has 0 fully saturated rings. The van der Waals surface area contributed by atoms with Gasteiger partial charge in [-0.2, -0.15) is 0 Å². The summed E-state index contributed by atoms with van der Waals surface area (Å²) in [6, 6.07) is 1.59. The van der Waals surface area contributed by atoms with Crippen LogP contribution in [0.3, 0.4) is 0 Å². The van der Waals surface area contributed by atoms with Gasteiger partial charge in [0.15, 0.2) is 5.75 Å². The molecule has 0 saturated heterocycles. The molecule has 1 rings (SSSR count). The molecule has 0 aromatic heterocycles. The van der Waals surface area contributed by atoms with Gasteiger partial charge in [-0.05, 0) is 6.42 Å². The smallest absolute Gasteiger partial charge is 0.340 e. The highest BCUT2D eigenvalue weighted by Gasteiger charge is 2.23. The molecule has 0 aliphatic heterocycles. The molecular formula is C13H16FNO6. The van der Waals surface area contributed by atoms with Gasteiger partial charge >= 0.3 is 11.7 Å². The normalized spacial score (nSPS) is 10.2. The van der Waals surface area contributed by atoms with Crippen molar-refractivity contribution in [1.29, 1.82) is 0 Å². The van der Waals surface area contributed by atoms with E-state index in [2.05, 4.69) is 4.74 Å². The highest BCUT2D eigenvalue weighted by atomic mass is 19.1. The van der Waals surface area contributed by atoms with Crippen molar-refractivity contribution < 1.29 is 28.3 Å². The van der Waals surface area contributed by atoms with Crippen molar-refractivity contribution in [2.24, 2.45) is 0 Å². The first-order valence-corrected chi connectivity index (χ1v) is 6.28. The number of nitro groups is 1. The second-order valence-corrected chi connectivity index (χ2v) is 4.01. The van der Waals surface area contributed by atoms with E-state index in [0.717, 1.165) is 19.6 Å². The van der Waals surface area contributed by atoms with Gasteiger partial charge in [0.25, 0.3) is 0 Å². The summed E-state index contributed by atoms with van der Waals surface area (Å²) in [4.78, 5) is 21.5. The van der Waals surface area contributed by atoms with Gasteiger partial charge in [-0.15, -0.1) is 0 Å². The van der Waals surface area contributed by atoms with Crippen molar-refractivity contribution in [1.82, 2.24) is 0 Å². The van der Waals surface area contributed by atoms with Crippen LogP contribution in [-0.2, 0) is 9.47 Å². The van der Waals surface area contributed by atoms with E-state index in [9.17, 15) is 19.3 Å². The number of nitro benzene ring substituents is 1. The summed E-state index contributed by atoms with van der Waals surface area (Å²) >= 11 is 0. The summed E-state index contributed by atoms with van der Waals surface area (Å²) < 4.78 is 28.4. The van der Waals surface area contributed by atoms with E-state index in [-0.39, 0.29) is 19.0 Å². The predicted octanol–water partition coefficient (Wildman–Crippen LogP) is 2.33. The minimum atomic E-state index is -1.04. The Hall–Kier alpha value is -2.22. The summed E-state index contributed by atoms with van der Waals surface area (Å²) in [7, 11) is 1.09. The Morgan fingerprint density at radius 2 is 2.05 bits per heavy atom. The van der Waals surface area contributed by atoms with Crippen LogP contribution in [0, 0.1) is 15.9 Å². The lowest BCUT2D eigenvalue weighted by Crippen LogP contribution is -2.11. The molecular weight excluding hydrogens is 285 g/mol. The molecule has 0 unspecified atom stereocenters. The Morgan fingerprint density at radius 3 is 2.62 bits per heavy atom. The molecule has 0 atom stereocenters. The Bertz CT molecular complexity index is 520. The number of benzene rings is 1. The number of halogens is 1. The Kier molecular flexibility index (Phi) is 6.54. The molecule has 1 aromatic carbocycles. The lowest BCUT2D eigenvalue weighted by molar-refractivity contribution is -0.386. The largest absolute Gasteiger partial charge is 0.484 e. The fraction of sp³-hybridized carbons (Fsp3) is 0.462. The van der Waals surface area contributed by atoms with E-state index in [1.54, 1.807) is 0 Å². The lowest BCUT2D eigenvalue weighted by Gasteiger charge is -2.09. The lowest BCUT2D eigenvalue weighted by atomic mass is 10.1. The third-order valence-electron chi connectivity index (χ3n) is 2.48. The number of carbonyl (C=O) groups excluding carboxylic acids is 1. The van der Waals surface area contributed by atoms with Gasteiger partial charge in [-0.25, -0.2) is 9.18 Å². The number of rotatable bonds is 8. The van der Waals surface area contributed by atoms with Gasteiger partial charge in [0, 0.05) is 12.7 Å². The summed E-state index contributed by atoms with van der Waals surface area (Å²) in [6.45, 7) is 2.76. The average Bonchev–Trinajstić information content (AvgIpc) is 2.47. The summed E-state index contributed by atoms with van der Waals surface area (Å²) in [6.07, 6.45) is 0.836. The van der Waals surface area contributed by atoms with Crippen LogP contribution in [0.15, 0.2) is 12.1 Å². The van der Waals surface area contributed by atoms with Crippen LogP contribution in [0.2, 0.25) is 0 Å². The van der Waals surface area contributed by atoms with Gasteiger partial charge in [0.2, 0.25) is 0 Å². The summed E-state index contributed by atoms with van der Waals surface area (Å²) in [5, 5.41) is 10.9. The minimum absolute atomic E-state index is 0.0487. The van der Waals surface area contributed by atoms with Crippen LogP contribution in [0.1, 0.15) is 23.7 Å². The molecule has 0 aliphatic rings. The predicted molar refractivity (Wildman–Crippen MR) is 71.0 cm³/mol. The molecule has 8 heteroatoms. The van der Waals surface area contributed by atoms with Crippen LogP contribution in [-0.4, -0.2) is 37.8 Å². The second kappa shape index (κ2) is 8.15. The number of esters is 1. The topological polar surface area (TPSA) is 87.9 Å². The van der Waals surface area contributed by atoms with Crippen LogP contribution >= 0.6 is 0 Å². The maximum absolute atomic E-state index is 13.6. The highest BCUT2D eigenvalue weighted by molar-refractivity contribution is 5.90. The monoisotopic (exact) mass is 301 g/mol. The summed E-state index contributed by atoms with van der Waals surface area (Å²) in [5.41, 5.74) is -0.983. The van der Waals surface area contributed by atoms with E-state index in [1.807, 2.05) is 6.92 Å². The minimum Gasteiger partial charge on any atom is -0.484 e. The first-order valence-electron chi connectivity index (χ1n) is 6.28. The van der Waals surface area contributed by atoms with Crippen LogP contribution in [0.5, 0.6) is 5.75 Å². The van der Waals surface area contributed by atoms with Crippen molar-refractivity contribution in [2.75, 3.05) is 26.9 Å². The maximum atomic E-state index is 13.6. The van der Waals surface area contributed by atoms with Crippen LogP contribution in [0.4, 0.5) is 10.1 Å². The van der Waals surface area contributed by atoms with Crippen molar-refractivity contribution in [3.8, 4) is 5.75 Å². The van der Waals surface area contributed by atoms with E-state index < -0.39 is 28.0 Å². The number of methoxy groups -OCH3 is 1. The van der Waals surface area contributed by atoms with E-state index in [1.165, 1.54) is 0 Å². The highest BCUT2D eigenvalue weighted by Crippen LogP contribution is 2.30. The van der Waals surface area contributed by atoms with E-state index in [4.69, 9.17) is 9.47 Å². The number of hydrogen-bond acceptors (Lipinski definition) is 6. The van der Waals surface area contributed by atoms with Crippen molar-refractivity contribution in [2.45, 2.75) is 13.3 Å². The molecule has 0 aliphatic carbocycles. The van der Waals surface area contributed by atoms with Gasteiger partial charge in [0.1, 0.15) is 12.4 Å². The van der Waals surface area contributed by atoms with Crippen molar-refractivity contribution >= 4 is 11.7 Å².